The van der Waals surface area contributed by atoms with Crippen LogP contribution in [0, 0.1) is 5.92 Å². The summed E-state index contributed by atoms with van der Waals surface area (Å²) < 4.78 is 0. The van der Waals surface area contributed by atoms with Crippen molar-refractivity contribution >= 4 is 28.2 Å². The molecule has 102 valence electrons. The van der Waals surface area contributed by atoms with Gasteiger partial charge in [0.15, 0.2) is 0 Å². The van der Waals surface area contributed by atoms with Gasteiger partial charge in [-0.2, -0.15) is 0 Å². The first-order chi connectivity index (χ1) is 9.06. The number of anilines is 1. The van der Waals surface area contributed by atoms with Crippen molar-refractivity contribution in [2.75, 3.05) is 11.9 Å². The van der Waals surface area contributed by atoms with Gasteiger partial charge in [-0.05, 0) is 23.8 Å². The maximum atomic E-state index is 6.00. The molecule has 2 rings (SSSR count). The Balaban J connectivity index is 2.56. The standard InChI is InChI=1S/C16H21ClN2/c1-11(2)12(3)19(4)16-15-8-6-5-7-14(15)13(9-17)10-18-16/h5-8,10-12H,9H2,1-4H3. The van der Waals surface area contributed by atoms with Gasteiger partial charge < -0.3 is 4.90 Å². The summed E-state index contributed by atoms with van der Waals surface area (Å²) in [6.07, 6.45) is 1.90. The number of alkyl halides is 1. The van der Waals surface area contributed by atoms with Crippen molar-refractivity contribution in [1.82, 2.24) is 4.98 Å². The van der Waals surface area contributed by atoms with Gasteiger partial charge in [-0.1, -0.05) is 38.1 Å². The normalized spacial score (nSPS) is 12.9. The number of hydrogen-bond donors (Lipinski definition) is 0. The van der Waals surface area contributed by atoms with Crippen LogP contribution in [-0.4, -0.2) is 18.1 Å². The van der Waals surface area contributed by atoms with Crippen LogP contribution in [0.2, 0.25) is 0 Å². The molecular formula is C16H21ClN2. The monoisotopic (exact) mass is 276 g/mol. The Morgan fingerprint density at radius 2 is 1.79 bits per heavy atom. The van der Waals surface area contributed by atoms with Crippen molar-refractivity contribution in [1.29, 1.82) is 0 Å². The minimum atomic E-state index is 0.442. The quantitative estimate of drug-likeness (QED) is 0.767. The Kier molecular flexibility index (Phi) is 4.31. The van der Waals surface area contributed by atoms with Crippen molar-refractivity contribution in [3.05, 3.63) is 36.0 Å². The molecule has 0 aliphatic heterocycles. The predicted octanol–water partition coefficient (Wildman–Crippen LogP) is 4.45. The summed E-state index contributed by atoms with van der Waals surface area (Å²) >= 11 is 6.00. The van der Waals surface area contributed by atoms with Crippen molar-refractivity contribution in [3.8, 4) is 0 Å². The Labute approximate surface area is 120 Å². The van der Waals surface area contributed by atoms with Gasteiger partial charge in [0, 0.05) is 30.6 Å². The number of fused-ring (bicyclic) bond motifs is 1. The van der Waals surface area contributed by atoms with Crippen LogP contribution in [0.15, 0.2) is 30.5 Å². The molecule has 0 radical (unpaired) electrons. The van der Waals surface area contributed by atoms with Crippen molar-refractivity contribution in [2.24, 2.45) is 5.92 Å². The molecule has 0 aliphatic carbocycles. The highest BCUT2D eigenvalue weighted by atomic mass is 35.5. The van der Waals surface area contributed by atoms with E-state index in [1.165, 1.54) is 10.8 Å². The zero-order valence-electron chi connectivity index (χ0n) is 12.0. The van der Waals surface area contributed by atoms with Crippen LogP contribution in [0.4, 0.5) is 5.82 Å². The van der Waals surface area contributed by atoms with Gasteiger partial charge in [0.2, 0.25) is 0 Å². The zero-order valence-corrected chi connectivity index (χ0v) is 12.8. The Hall–Kier alpha value is -1.28. The number of rotatable bonds is 4. The molecule has 0 bridgehead atoms. The van der Waals surface area contributed by atoms with E-state index >= 15 is 0 Å². The first-order valence-corrected chi connectivity index (χ1v) is 7.25. The highest BCUT2D eigenvalue weighted by molar-refractivity contribution is 6.18. The maximum absolute atomic E-state index is 6.00. The molecule has 2 nitrogen and oxygen atoms in total. The second-order valence-corrected chi connectivity index (χ2v) is 5.65. The number of pyridine rings is 1. The molecule has 0 amide bonds. The number of nitrogens with zero attached hydrogens (tertiary/aromatic N) is 2. The fourth-order valence-corrected chi connectivity index (χ4v) is 2.48. The third-order valence-electron chi connectivity index (χ3n) is 3.91. The Bertz CT molecular complexity index is 566. The first kappa shape index (κ1) is 14.1. The Morgan fingerprint density at radius 3 is 2.37 bits per heavy atom. The smallest absolute Gasteiger partial charge is 0.136 e. The van der Waals surface area contributed by atoms with Crippen LogP contribution < -0.4 is 4.90 Å². The first-order valence-electron chi connectivity index (χ1n) is 6.71. The maximum Gasteiger partial charge on any atom is 0.136 e. The van der Waals surface area contributed by atoms with E-state index < -0.39 is 0 Å². The van der Waals surface area contributed by atoms with E-state index in [1.807, 2.05) is 12.3 Å². The van der Waals surface area contributed by atoms with Crippen molar-refractivity contribution in [3.63, 3.8) is 0 Å². The molecule has 2 aromatic rings. The fourth-order valence-electron chi connectivity index (χ4n) is 2.26. The zero-order chi connectivity index (χ0) is 14.0. The van der Waals surface area contributed by atoms with Crippen LogP contribution >= 0.6 is 11.6 Å². The van der Waals surface area contributed by atoms with Crippen molar-refractivity contribution < 1.29 is 0 Å². The van der Waals surface area contributed by atoms with E-state index in [0.717, 1.165) is 11.4 Å². The average Bonchev–Trinajstić information content (AvgIpc) is 2.44. The number of aromatic nitrogens is 1. The molecule has 1 atom stereocenters. The SMILES string of the molecule is CC(C)C(C)N(C)c1ncc(CCl)c2ccccc12. The summed E-state index contributed by atoms with van der Waals surface area (Å²) in [7, 11) is 2.11. The minimum Gasteiger partial charge on any atom is -0.356 e. The largest absolute Gasteiger partial charge is 0.356 e. The summed E-state index contributed by atoms with van der Waals surface area (Å²) in [5.41, 5.74) is 1.09. The van der Waals surface area contributed by atoms with Gasteiger partial charge in [-0.3, -0.25) is 0 Å². The molecule has 3 heteroatoms. The third kappa shape index (κ3) is 2.69. The highest BCUT2D eigenvalue weighted by Gasteiger charge is 2.17. The molecule has 0 saturated carbocycles. The minimum absolute atomic E-state index is 0.442. The van der Waals surface area contributed by atoms with Gasteiger partial charge in [-0.25, -0.2) is 4.98 Å². The second kappa shape index (κ2) is 5.79. The third-order valence-corrected chi connectivity index (χ3v) is 4.20. The molecular weight excluding hydrogens is 256 g/mol. The molecule has 1 unspecified atom stereocenters. The van der Waals surface area contributed by atoms with Crippen molar-refractivity contribution in [2.45, 2.75) is 32.7 Å². The second-order valence-electron chi connectivity index (χ2n) is 5.38. The lowest BCUT2D eigenvalue weighted by Crippen LogP contribution is -2.33. The average molecular weight is 277 g/mol. The lowest BCUT2D eigenvalue weighted by Gasteiger charge is -2.30. The van der Waals surface area contributed by atoms with E-state index in [-0.39, 0.29) is 0 Å². The summed E-state index contributed by atoms with van der Waals surface area (Å²) in [5.74, 6) is 2.11. The van der Waals surface area contributed by atoms with Gasteiger partial charge in [0.1, 0.15) is 5.82 Å². The van der Waals surface area contributed by atoms with E-state index in [1.54, 1.807) is 0 Å². The van der Waals surface area contributed by atoms with Gasteiger partial charge in [-0.15, -0.1) is 11.6 Å². The Morgan fingerprint density at radius 1 is 1.16 bits per heavy atom. The van der Waals surface area contributed by atoms with Crippen LogP contribution in [0.3, 0.4) is 0 Å². The van der Waals surface area contributed by atoms with E-state index in [0.29, 0.717) is 17.8 Å². The highest BCUT2D eigenvalue weighted by Crippen LogP contribution is 2.29. The summed E-state index contributed by atoms with van der Waals surface area (Å²) in [6, 6.07) is 8.79. The predicted molar refractivity (Wildman–Crippen MR) is 84.0 cm³/mol. The topological polar surface area (TPSA) is 16.1 Å². The van der Waals surface area contributed by atoms with Crippen LogP contribution in [0.1, 0.15) is 26.3 Å². The van der Waals surface area contributed by atoms with Gasteiger partial charge in [0.25, 0.3) is 0 Å². The molecule has 0 N–H and O–H groups in total. The molecule has 0 saturated heterocycles. The molecule has 0 spiro atoms. The number of hydrogen-bond acceptors (Lipinski definition) is 2. The van der Waals surface area contributed by atoms with E-state index in [9.17, 15) is 0 Å². The van der Waals surface area contributed by atoms with Gasteiger partial charge in [0.05, 0.1) is 0 Å². The molecule has 1 heterocycles. The molecule has 0 fully saturated rings. The molecule has 1 aromatic heterocycles. The summed E-state index contributed by atoms with van der Waals surface area (Å²) in [6.45, 7) is 6.70. The van der Waals surface area contributed by atoms with E-state index in [2.05, 4.69) is 55.9 Å². The van der Waals surface area contributed by atoms with Crippen LogP contribution in [-0.2, 0) is 5.88 Å². The molecule has 0 aliphatic rings. The molecule has 19 heavy (non-hydrogen) atoms. The summed E-state index contributed by atoms with van der Waals surface area (Å²) in [4.78, 5) is 6.88. The van der Waals surface area contributed by atoms with Gasteiger partial charge >= 0.3 is 0 Å². The summed E-state index contributed by atoms with van der Waals surface area (Å²) in [5, 5.41) is 2.38. The number of benzene rings is 1. The van der Waals surface area contributed by atoms with Crippen LogP contribution in [0.5, 0.6) is 0 Å². The van der Waals surface area contributed by atoms with E-state index in [4.69, 9.17) is 11.6 Å². The molecule has 1 aromatic carbocycles. The number of halogens is 1. The lowest BCUT2D eigenvalue weighted by molar-refractivity contribution is 0.503. The van der Waals surface area contributed by atoms with Crippen LogP contribution in [0.25, 0.3) is 10.8 Å². The fraction of sp³-hybridized carbons (Fsp3) is 0.438. The lowest BCUT2D eigenvalue weighted by atomic mass is 10.0.